The van der Waals surface area contributed by atoms with E-state index in [1.165, 1.54) is 0 Å². The summed E-state index contributed by atoms with van der Waals surface area (Å²) in [4.78, 5) is 10.8. The first-order chi connectivity index (χ1) is 8.93. The van der Waals surface area contributed by atoms with Crippen LogP contribution in [0, 0.1) is 0 Å². The van der Waals surface area contributed by atoms with Gasteiger partial charge in [0.15, 0.2) is 0 Å². The summed E-state index contributed by atoms with van der Waals surface area (Å²) in [6, 6.07) is 2.35. The summed E-state index contributed by atoms with van der Waals surface area (Å²) in [6.45, 7) is -0.694. The first kappa shape index (κ1) is 16.6. The molecule has 0 aromatic heterocycles. The van der Waals surface area contributed by atoms with Crippen molar-refractivity contribution in [3.05, 3.63) is 28.8 Å². The van der Waals surface area contributed by atoms with Crippen molar-refractivity contribution in [3.8, 4) is 0 Å². The minimum atomic E-state index is -4.66. The zero-order chi connectivity index (χ0) is 15.7. The van der Waals surface area contributed by atoms with E-state index in [2.05, 4.69) is 0 Å². The summed E-state index contributed by atoms with van der Waals surface area (Å²) in [5, 5.41) is -0.673. The lowest BCUT2D eigenvalue weighted by atomic mass is 10.2. The smallest absolute Gasteiger partial charge is 0.368 e. The molecule has 0 aliphatic heterocycles. The highest BCUT2D eigenvalue weighted by atomic mass is 35.5. The minimum absolute atomic E-state index is 0.177. The molecule has 0 fully saturated rings. The van der Waals surface area contributed by atoms with E-state index in [1.807, 2.05) is 0 Å². The van der Waals surface area contributed by atoms with E-state index in [1.54, 1.807) is 0 Å². The van der Waals surface area contributed by atoms with Crippen LogP contribution in [0.4, 0.5) is 18.9 Å². The number of anilines is 1. The summed E-state index contributed by atoms with van der Waals surface area (Å²) in [7, 11) is -3.89. The zero-order valence-electron chi connectivity index (χ0n) is 10.1. The predicted octanol–water partition coefficient (Wildman–Crippen LogP) is 1.61. The van der Waals surface area contributed by atoms with Crippen molar-refractivity contribution < 1.29 is 26.4 Å². The summed E-state index contributed by atoms with van der Waals surface area (Å²) in [5.41, 5.74) is 3.63. The van der Waals surface area contributed by atoms with Crippen LogP contribution in [0.2, 0.25) is 5.02 Å². The van der Waals surface area contributed by atoms with Gasteiger partial charge in [0.1, 0.15) is 6.54 Å². The van der Waals surface area contributed by atoms with E-state index >= 15 is 0 Å². The molecule has 10 heteroatoms. The number of amides is 1. The quantitative estimate of drug-likeness (QED) is 0.910. The Balaban J connectivity index is 3.31. The van der Waals surface area contributed by atoms with Gasteiger partial charge in [0.2, 0.25) is 15.9 Å². The third-order valence-electron chi connectivity index (χ3n) is 2.25. The van der Waals surface area contributed by atoms with Gasteiger partial charge >= 0.3 is 6.18 Å². The molecule has 0 atom stereocenters. The van der Waals surface area contributed by atoms with Crippen molar-refractivity contribution in [2.75, 3.05) is 17.1 Å². The number of alkyl halides is 3. The topological polar surface area (TPSA) is 80.5 Å². The maximum absolute atomic E-state index is 12.5. The Bertz CT molecular complexity index is 631. The maximum atomic E-state index is 12.5. The summed E-state index contributed by atoms with van der Waals surface area (Å²) >= 11 is 5.49. The Hall–Kier alpha value is -1.48. The third kappa shape index (κ3) is 4.01. The van der Waals surface area contributed by atoms with Crippen molar-refractivity contribution in [3.63, 3.8) is 0 Å². The number of halogens is 4. The van der Waals surface area contributed by atoms with Crippen LogP contribution in [0.1, 0.15) is 5.56 Å². The molecule has 2 N–H and O–H groups in total. The molecule has 0 heterocycles. The minimum Gasteiger partial charge on any atom is -0.368 e. The molecule has 1 amide bonds. The normalized spacial score (nSPS) is 12.2. The van der Waals surface area contributed by atoms with Gasteiger partial charge in [0.25, 0.3) is 0 Å². The Morgan fingerprint density at radius 2 is 1.95 bits per heavy atom. The van der Waals surface area contributed by atoms with Gasteiger partial charge in [-0.05, 0) is 18.2 Å². The van der Waals surface area contributed by atoms with E-state index in [0.29, 0.717) is 10.4 Å². The molecule has 0 spiro atoms. The van der Waals surface area contributed by atoms with Gasteiger partial charge in [-0.15, -0.1) is 0 Å². The molecule has 5 nitrogen and oxygen atoms in total. The highest BCUT2D eigenvalue weighted by molar-refractivity contribution is 7.92. The van der Waals surface area contributed by atoms with E-state index in [0.717, 1.165) is 18.4 Å². The predicted molar refractivity (Wildman–Crippen MR) is 67.8 cm³/mol. The molecule has 0 radical (unpaired) electrons. The maximum Gasteiger partial charge on any atom is 0.417 e. The number of hydrogen-bond donors (Lipinski definition) is 1. The molecule has 0 unspecified atom stereocenters. The fourth-order valence-corrected chi connectivity index (χ4v) is 2.57. The lowest BCUT2D eigenvalue weighted by Gasteiger charge is -2.21. The van der Waals surface area contributed by atoms with Gasteiger partial charge in [0.05, 0.1) is 22.5 Å². The SMILES string of the molecule is CS(=O)(=O)N(CC(N)=O)c1ccc(C(F)(F)F)c(Cl)c1. The molecular weight excluding hydrogens is 321 g/mol. The van der Waals surface area contributed by atoms with Crippen LogP contribution in [0.5, 0.6) is 0 Å². The molecule has 112 valence electrons. The number of carbonyl (C=O) groups is 1. The highest BCUT2D eigenvalue weighted by Crippen LogP contribution is 2.36. The number of carbonyl (C=O) groups excluding carboxylic acids is 1. The van der Waals surface area contributed by atoms with Crippen LogP contribution in [0.15, 0.2) is 18.2 Å². The van der Waals surface area contributed by atoms with Crippen LogP contribution in [0.25, 0.3) is 0 Å². The molecular formula is C10H10ClF3N2O3S. The van der Waals surface area contributed by atoms with Gasteiger partial charge < -0.3 is 5.73 Å². The molecule has 1 rings (SSSR count). The van der Waals surface area contributed by atoms with Crippen molar-refractivity contribution in [1.29, 1.82) is 0 Å². The van der Waals surface area contributed by atoms with E-state index in [9.17, 15) is 26.4 Å². The van der Waals surface area contributed by atoms with Gasteiger partial charge in [-0.25, -0.2) is 8.42 Å². The number of hydrogen-bond acceptors (Lipinski definition) is 3. The highest BCUT2D eigenvalue weighted by Gasteiger charge is 2.33. The molecule has 20 heavy (non-hydrogen) atoms. The number of primary amides is 1. The van der Waals surface area contributed by atoms with Gasteiger partial charge in [-0.2, -0.15) is 13.2 Å². The van der Waals surface area contributed by atoms with Crippen LogP contribution in [-0.2, 0) is 21.0 Å². The molecule has 0 aliphatic rings. The Morgan fingerprint density at radius 1 is 1.40 bits per heavy atom. The van der Waals surface area contributed by atoms with Gasteiger partial charge in [-0.1, -0.05) is 11.6 Å². The first-order valence-corrected chi connectivity index (χ1v) is 7.28. The number of benzene rings is 1. The van der Waals surface area contributed by atoms with Crippen LogP contribution >= 0.6 is 11.6 Å². The standard InChI is InChI=1S/C10H10ClF3N2O3S/c1-20(18,19)16(5-9(15)17)6-2-3-7(8(11)4-6)10(12,13)14/h2-4H,5H2,1H3,(H2,15,17). The number of nitrogens with two attached hydrogens (primary N) is 1. The lowest BCUT2D eigenvalue weighted by Crippen LogP contribution is -2.37. The Morgan fingerprint density at radius 3 is 2.30 bits per heavy atom. The third-order valence-corrected chi connectivity index (χ3v) is 3.70. The molecule has 0 saturated carbocycles. The van der Waals surface area contributed by atoms with Crippen LogP contribution < -0.4 is 10.0 Å². The molecule has 1 aromatic carbocycles. The lowest BCUT2D eigenvalue weighted by molar-refractivity contribution is -0.137. The molecule has 1 aromatic rings. The summed E-state index contributed by atoms with van der Waals surface area (Å²) in [6.07, 6.45) is -3.86. The monoisotopic (exact) mass is 330 g/mol. The fraction of sp³-hybridized carbons (Fsp3) is 0.300. The van der Waals surface area contributed by atoms with E-state index in [-0.39, 0.29) is 5.69 Å². The van der Waals surface area contributed by atoms with Crippen molar-refractivity contribution in [2.45, 2.75) is 6.18 Å². The summed E-state index contributed by atoms with van der Waals surface area (Å²) < 4.78 is 61.2. The molecule has 0 bridgehead atoms. The first-order valence-electron chi connectivity index (χ1n) is 5.05. The second-order valence-electron chi connectivity index (χ2n) is 3.90. The number of nitrogens with zero attached hydrogens (tertiary/aromatic N) is 1. The summed E-state index contributed by atoms with van der Waals surface area (Å²) in [5.74, 6) is -0.952. The second-order valence-corrected chi connectivity index (χ2v) is 6.21. The van der Waals surface area contributed by atoms with E-state index in [4.69, 9.17) is 17.3 Å². The van der Waals surface area contributed by atoms with Crippen molar-refractivity contribution in [1.82, 2.24) is 0 Å². The average molecular weight is 331 g/mol. The number of rotatable bonds is 4. The number of sulfonamides is 1. The molecule has 0 aliphatic carbocycles. The second kappa shape index (κ2) is 5.49. The Kier molecular flexibility index (Phi) is 4.55. The van der Waals surface area contributed by atoms with Crippen molar-refractivity contribution in [2.24, 2.45) is 5.73 Å². The van der Waals surface area contributed by atoms with Crippen molar-refractivity contribution >= 4 is 33.2 Å². The van der Waals surface area contributed by atoms with Gasteiger partial charge in [-0.3, -0.25) is 9.10 Å². The molecule has 0 saturated heterocycles. The van der Waals surface area contributed by atoms with Crippen LogP contribution in [0.3, 0.4) is 0 Å². The largest absolute Gasteiger partial charge is 0.417 e. The average Bonchev–Trinajstić information content (AvgIpc) is 2.22. The Labute approximate surface area is 118 Å². The fourth-order valence-electron chi connectivity index (χ4n) is 1.43. The van der Waals surface area contributed by atoms with Gasteiger partial charge in [0, 0.05) is 0 Å². The van der Waals surface area contributed by atoms with Crippen LogP contribution in [-0.4, -0.2) is 27.1 Å². The zero-order valence-corrected chi connectivity index (χ0v) is 11.7. The van der Waals surface area contributed by atoms with E-state index < -0.39 is 39.2 Å².